The SMILES string of the molecule is CCn1c(=O)c(=O)n(CC(=O)NCc2cccc(F)c2)c2cccnc21. The average molecular weight is 356 g/mol. The molecule has 0 saturated carbocycles. The molecule has 0 aliphatic heterocycles. The summed E-state index contributed by atoms with van der Waals surface area (Å²) in [5.74, 6) is -0.858. The third kappa shape index (κ3) is 3.39. The van der Waals surface area contributed by atoms with E-state index < -0.39 is 22.8 Å². The average Bonchev–Trinajstić information content (AvgIpc) is 2.64. The standard InChI is InChI=1S/C18H17FN4O3/c1-2-22-16-14(7-4-8-20-16)23(18(26)17(22)25)11-15(24)21-10-12-5-3-6-13(19)9-12/h3-9H,2,10-11H2,1H3,(H,21,24). The number of pyridine rings is 1. The highest BCUT2D eigenvalue weighted by atomic mass is 19.1. The first-order chi connectivity index (χ1) is 12.5. The van der Waals surface area contributed by atoms with E-state index in [1.807, 2.05) is 0 Å². The van der Waals surface area contributed by atoms with Gasteiger partial charge in [-0.25, -0.2) is 9.37 Å². The quantitative estimate of drug-likeness (QED) is 0.692. The maximum absolute atomic E-state index is 13.2. The molecule has 0 spiro atoms. The van der Waals surface area contributed by atoms with Gasteiger partial charge < -0.3 is 5.32 Å². The molecule has 1 amide bonds. The van der Waals surface area contributed by atoms with Gasteiger partial charge >= 0.3 is 11.1 Å². The van der Waals surface area contributed by atoms with Crippen molar-refractivity contribution in [3.05, 3.63) is 74.7 Å². The van der Waals surface area contributed by atoms with Gasteiger partial charge in [0.1, 0.15) is 12.4 Å². The van der Waals surface area contributed by atoms with E-state index in [1.165, 1.54) is 22.9 Å². The van der Waals surface area contributed by atoms with Crippen molar-refractivity contribution in [1.82, 2.24) is 19.4 Å². The number of hydrogen-bond acceptors (Lipinski definition) is 4. The fraction of sp³-hybridized carbons (Fsp3) is 0.222. The molecule has 0 radical (unpaired) electrons. The molecule has 8 heteroatoms. The highest BCUT2D eigenvalue weighted by Crippen LogP contribution is 2.07. The number of amides is 1. The van der Waals surface area contributed by atoms with Crippen molar-refractivity contribution in [3.8, 4) is 0 Å². The lowest BCUT2D eigenvalue weighted by Crippen LogP contribution is -2.43. The predicted octanol–water partition coefficient (Wildman–Crippen LogP) is 1.03. The molecule has 3 aromatic rings. The van der Waals surface area contributed by atoms with E-state index in [-0.39, 0.29) is 13.1 Å². The Hall–Kier alpha value is -3.29. The van der Waals surface area contributed by atoms with Crippen molar-refractivity contribution in [2.75, 3.05) is 0 Å². The van der Waals surface area contributed by atoms with E-state index in [2.05, 4.69) is 10.3 Å². The summed E-state index contributed by atoms with van der Waals surface area (Å²) in [7, 11) is 0. The lowest BCUT2D eigenvalue weighted by atomic mass is 10.2. The summed E-state index contributed by atoms with van der Waals surface area (Å²) in [5, 5.41) is 2.62. The third-order valence-electron chi connectivity index (χ3n) is 3.98. The predicted molar refractivity (Wildman–Crippen MR) is 94.2 cm³/mol. The van der Waals surface area contributed by atoms with E-state index in [9.17, 15) is 18.8 Å². The number of benzene rings is 1. The summed E-state index contributed by atoms with van der Waals surface area (Å²) in [5.41, 5.74) is -0.166. The Morgan fingerprint density at radius 2 is 1.92 bits per heavy atom. The first-order valence-electron chi connectivity index (χ1n) is 8.10. The van der Waals surface area contributed by atoms with E-state index in [0.29, 0.717) is 23.3 Å². The van der Waals surface area contributed by atoms with Crippen LogP contribution >= 0.6 is 0 Å². The maximum Gasteiger partial charge on any atom is 0.318 e. The van der Waals surface area contributed by atoms with Gasteiger partial charge in [0.25, 0.3) is 0 Å². The second-order valence-corrected chi connectivity index (χ2v) is 5.69. The number of fused-ring (bicyclic) bond motifs is 1. The number of carbonyl (C=O) groups excluding carboxylic acids is 1. The molecule has 0 aliphatic carbocycles. The lowest BCUT2D eigenvalue weighted by molar-refractivity contribution is -0.121. The Morgan fingerprint density at radius 1 is 1.15 bits per heavy atom. The highest BCUT2D eigenvalue weighted by Gasteiger charge is 2.15. The minimum absolute atomic E-state index is 0.119. The van der Waals surface area contributed by atoms with Gasteiger partial charge in [-0.2, -0.15) is 0 Å². The zero-order chi connectivity index (χ0) is 18.7. The van der Waals surface area contributed by atoms with Crippen molar-refractivity contribution >= 4 is 17.1 Å². The number of carbonyl (C=O) groups is 1. The normalized spacial score (nSPS) is 10.8. The smallest absolute Gasteiger partial charge is 0.318 e. The molecule has 0 unspecified atom stereocenters. The molecule has 0 bridgehead atoms. The fourth-order valence-electron chi connectivity index (χ4n) is 2.74. The number of nitrogens with zero attached hydrogens (tertiary/aromatic N) is 3. The molecule has 0 fully saturated rings. The number of halogens is 1. The Morgan fingerprint density at radius 3 is 2.65 bits per heavy atom. The molecule has 0 saturated heterocycles. The Kier molecular flexibility index (Phi) is 4.92. The van der Waals surface area contributed by atoms with Crippen LogP contribution in [0.5, 0.6) is 0 Å². The molecule has 26 heavy (non-hydrogen) atoms. The number of hydrogen-bond donors (Lipinski definition) is 1. The van der Waals surface area contributed by atoms with Crippen LogP contribution in [0.4, 0.5) is 4.39 Å². The van der Waals surface area contributed by atoms with Crippen molar-refractivity contribution in [3.63, 3.8) is 0 Å². The minimum Gasteiger partial charge on any atom is -0.350 e. The molecule has 0 atom stereocenters. The highest BCUT2D eigenvalue weighted by molar-refractivity contribution is 5.78. The van der Waals surface area contributed by atoms with Crippen LogP contribution < -0.4 is 16.4 Å². The van der Waals surface area contributed by atoms with E-state index >= 15 is 0 Å². The molecule has 1 N–H and O–H groups in total. The first kappa shape index (κ1) is 17.5. The monoisotopic (exact) mass is 356 g/mol. The molecular weight excluding hydrogens is 339 g/mol. The molecule has 3 rings (SSSR count). The number of aryl methyl sites for hydroxylation is 1. The van der Waals surface area contributed by atoms with Crippen LogP contribution in [0.25, 0.3) is 11.2 Å². The van der Waals surface area contributed by atoms with Gasteiger partial charge in [-0.15, -0.1) is 0 Å². The number of rotatable bonds is 5. The van der Waals surface area contributed by atoms with E-state index in [4.69, 9.17) is 0 Å². The summed E-state index contributed by atoms with van der Waals surface area (Å²) in [6, 6.07) is 9.12. The summed E-state index contributed by atoms with van der Waals surface area (Å²) >= 11 is 0. The van der Waals surface area contributed by atoms with Gasteiger partial charge in [-0.1, -0.05) is 12.1 Å². The van der Waals surface area contributed by atoms with Crippen LogP contribution in [-0.4, -0.2) is 20.0 Å². The van der Waals surface area contributed by atoms with Crippen LogP contribution in [0.3, 0.4) is 0 Å². The Balaban J connectivity index is 1.89. The summed E-state index contributed by atoms with van der Waals surface area (Å²) < 4.78 is 15.6. The van der Waals surface area contributed by atoms with Gasteiger partial charge in [-0.3, -0.25) is 23.5 Å². The zero-order valence-electron chi connectivity index (χ0n) is 14.1. The van der Waals surface area contributed by atoms with Gasteiger partial charge in [0.05, 0.1) is 5.52 Å². The second-order valence-electron chi connectivity index (χ2n) is 5.69. The summed E-state index contributed by atoms with van der Waals surface area (Å²) in [6.45, 7) is 1.84. The molecule has 1 aromatic carbocycles. The van der Waals surface area contributed by atoms with Crippen LogP contribution in [0, 0.1) is 5.82 Å². The van der Waals surface area contributed by atoms with Crippen molar-refractivity contribution in [1.29, 1.82) is 0 Å². The Bertz CT molecular complexity index is 1090. The molecule has 2 heterocycles. The van der Waals surface area contributed by atoms with Crippen LogP contribution in [0.1, 0.15) is 12.5 Å². The molecule has 2 aromatic heterocycles. The number of nitrogens with one attached hydrogen (secondary N) is 1. The summed E-state index contributed by atoms with van der Waals surface area (Å²) in [6.07, 6.45) is 1.52. The minimum atomic E-state index is -0.784. The van der Waals surface area contributed by atoms with Crippen LogP contribution in [-0.2, 0) is 24.4 Å². The second kappa shape index (κ2) is 7.30. The van der Waals surface area contributed by atoms with Gasteiger partial charge in [0.15, 0.2) is 5.65 Å². The molecule has 134 valence electrons. The fourth-order valence-corrected chi connectivity index (χ4v) is 2.74. The van der Waals surface area contributed by atoms with Crippen molar-refractivity contribution in [2.45, 2.75) is 26.6 Å². The van der Waals surface area contributed by atoms with Gasteiger partial charge in [0.2, 0.25) is 5.91 Å². The Labute approximate surface area is 147 Å². The molecule has 0 aliphatic rings. The van der Waals surface area contributed by atoms with Crippen LogP contribution in [0.2, 0.25) is 0 Å². The topological polar surface area (TPSA) is 86.0 Å². The first-order valence-corrected chi connectivity index (χ1v) is 8.10. The largest absolute Gasteiger partial charge is 0.350 e. The summed E-state index contributed by atoms with van der Waals surface area (Å²) in [4.78, 5) is 41.0. The van der Waals surface area contributed by atoms with E-state index in [0.717, 1.165) is 4.57 Å². The van der Waals surface area contributed by atoms with Crippen molar-refractivity contribution in [2.24, 2.45) is 0 Å². The van der Waals surface area contributed by atoms with Crippen molar-refractivity contribution < 1.29 is 9.18 Å². The maximum atomic E-state index is 13.2. The molecular formula is C18H17FN4O3. The van der Waals surface area contributed by atoms with E-state index in [1.54, 1.807) is 31.2 Å². The third-order valence-corrected chi connectivity index (χ3v) is 3.98. The lowest BCUT2D eigenvalue weighted by Gasteiger charge is -2.13. The van der Waals surface area contributed by atoms with Gasteiger partial charge in [-0.05, 0) is 36.8 Å². The molecule has 7 nitrogen and oxygen atoms in total. The van der Waals surface area contributed by atoms with Crippen LogP contribution in [0.15, 0.2) is 52.2 Å². The van der Waals surface area contributed by atoms with Gasteiger partial charge in [0, 0.05) is 19.3 Å². The number of aromatic nitrogens is 3. The zero-order valence-corrected chi connectivity index (χ0v) is 14.1.